The minimum atomic E-state index is -3.10. The third-order valence-corrected chi connectivity index (χ3v) is 17.7. The van der Waals surface area contributed by atoms with Crippen LogP contribution in [0, 0.1) is 21.8 Å². The minimum Gasteiger partial charge on any atom is -0.494 e. The van der Waals surface area contributed by atoms with Crippen LogP contribution in [-0.2, 0) is 54.3 Å². The number of thioether (sulfide) groups is 1. The van der Waals surface area contributed by atoms with Crippen LogP contribution in [0.3, 0.4) is 0 Å². The highest BCUT2D eigenvalue weighted by atomic mass is 127. The summed E-state index contributed by atoms with van der Waals surface area (Å²) < 4.78 is 45.2. The van der Waals surface area contributed by atoms with Crippen molar-refractivity contribution >= 4 is 99.6 Å². The number of carbonyl (C=O) groups excluding carboxylic acids is 8. The Labute approximate surface area is 546 Å². The molecule has 3 atom stereocenters. The van der Waals surface area contributed by atoms with Crippen molar-refractivity contribution in [3.63, 3.8) is 0 Å². The number of carboxylic acid groups (broad SMARTS) is 1. The average molecular weight is 1400 g/mol. The monoisotopic (exact) mass is 1400 g/mol. The number of rotatable bonds is 34. The number of terminal acetylenes is 1. The molecule has 91 heavy (non-hydrogen) atoms. The smallest absolute Gasteiger partial charge is 0.317 e. The molecular weight excluding hydrogens is 1320 g/mol. The first-order valence-corrected chi connectivity index (χ1v) is 32.8. The van der Waals surface area contributed by atoms with Gasteiger partial charge in [0.05, 0.1) is 49.9 Å². The Morgan fingerprint density at radius 2 is 1.47 bits per heavy atom. The summed E-state index contributed by atoms with van der Waals surface area (Å²) in [7, 11) is 0. The number of likely N-dealkylation sites (tertiary alicyclic amines) is 2. The molecule has 0 saturated carbocycles. The summed E-state index contributed by atoms with van der Waals surface area (Å²) in [5.74, 6) is -3.39. The number of halogens is 3. The van der Waals surface area contributed by atoms with Crippen LogP contribution >= 0.6 is 34.4 Å². The van der Waals surface area contributed by atoms with Gasteiger partial charge in [0.2, 0.25) is 23.6 Å². The van der Waals surface area contributed by atoms with Crippen molar-refractivity contribution in [1.29, 1.82) is 0 Å². The number of ether oxygens (including phenoxy) is 3. The summed E-state index contributed by atoms with van der Waals surface area (Å²) in [5.41, 5.74) is 1.87. The number of nitrogens with zero attached hydrogens (tertiary/aromatic N) is 7. The number of carboxylic acids is 1. The zero-order chi connectivity index (χ0) is 65.5. The molecule has 29 heteroatoms. The largest absolute Gasteiger partial charge is 0.494 e. The standard InChI is InChI=1S/C62H84F2IN11O14S/c1-2-48-35-62(63,64)40-76(48)57(82)36-69-59(85)50-16-20-66-52-15-14-49(34-51(50)52)90-32-5-7-46-17-22-75(23-18-46)61(87)54(79)39-91-33-21-68-60(86)53(8-4-19-67-55(80)9-3-6-45-10-12-47(65)13-11-45)70-56(81)37-71-24-25-72(38-58(83)84)27-29-74(42-89-44-78)31-30-73(28-26-71)41-88-43-77/h1,10-16,20,34,43-44,46,48,53-54,79H,3-9,17-19,21-33,35-42H2,(H,67,80)(H,68,86)(H,69,85)(H,70,81)(H,83,84)/t48-,53?,54+/m0/s1. The van der Waals surface area contributed by atoms with Crippen molar-refractivity contribution < 1.29 is 76.4 Å². The lowest BCUT2D eigenvalue weighted by atomic mass is 9.92. The lowest BCUT2D eigenvalue weighted by Crippen LogP contribution is -2.52. The quantitative estimate of drug-likeness (QED) is 0.0216. The molecule has 0 aliphatic carbocycles. The summed E-state index contributed by atoms with van der Waals surface area (Å²) in [6.45, 7) is 3.27. The summed E-state index contributed by atoms with van der Waals surface area (Å²) in [6, 6.07) is 12.7. The normalized spacial score (nSPS) is 17.9. The molecule has 6 amide bonds. The second kappa shape index (κ2) is 38.9. The molecule has 25 nitrogen and oxygen atoms in total. The van der Waals surface area contributed by atoms with Gasteiger partial charge in [-0.2, -0.15) is 11.8 Å². The van der Waals surface area contributed by atoms with Crippen molar-refractivity contribution in [1.82, 2.24) is 55.7 Å². The number of aryl methyl sites for hydroxylation is 1. The number of carbonyl (C=O) groups is 9. The number of fused-ring (bicyclic) bond motifs is 1. The molecule has 4 heterocycles. The molecule has 6 rings (SSSR count). The van der Waals surface area contributed by atoms with Crippen LogP contribution in [0.15, 0.2) is 54.7 Å². The summed E-state index contributed by atoms with van der Waals surface area (Å²) >= 11 is 3.53. The van der Waals surface area contributed by atoms with Crippen molar-refractivity contribution in [2.45, 2.75) is 88.3 Å². The maximum absolute atomic E-state index is 14.0. The van der Waals surface area contributed by atoms with Crippen LogP contribution in [0.1, 0.15) is 73.7 Å². The number of aliphatic hydroxyl groups is 1. The van der Waals surface area contributed by atoms with E-state index in [1.165, 1.54) is 24.0 Å². The molecule has 3 aliphatic heterocycles. The van der Waals surface area contributed by atoms with Crippen LogP contribution in [-0.4, -0.2) is 259 Å². The van der Waals surface area contributed by atoms with Gasteiger partial charge in [0.25, 0.3) is 30.7 Å². The maximum Gasteiger partial charge on any atom is 0.317 e. The Morgan fingerprint density at radius 3 is 2.12 bits per heavy atom. The first kappa shape index (κ1) is 73.2. The van der Waals surface area contributed by atoms with E-state index >= 15 is 0 Å². The molecule has 498 valence electrons. The third-order valence-electron chi connectivity index (χ3n) is 15.9. The van der Waals surface area contributed by atoms with E-state index in [4.69, 9.17) is 20.6 Å². The predicted molar refractivity (Wildman–Crippen MR) is 342 cm³/mol. The second-order valence-corrected chi connectivity index (χ2v) is 25.1. The number of nitrogens with one attached hydrogen (secondary N) is 4. The number of benzene rings is 2. The molecule has 3 aliphatic rings. The van der Waals surface area contributed by atoms with E-state index in [-0.39, 0.29) is 82.3 Å². The van der Waals surface area contributed by atoms with Gasteiger partial charge in [-0.05, 0) is 122 Å². The van der Waals surface area contributed by atoms with E-state index in [0.717, 1.165) is 39.7 Å². The van der Waals surface area contributed by atoms with E-state index in [1.807, 2.05) is 39.0 Å². The zero-order valence-corrected chi connectivity index (χ0v) is 54.1. The van der Waals surface area contributed by atoms with Crippen molar-refractivity contribution in [3.8, 4) is 18.1 Å². The van der Waals surface area contributed by atoms with Crippen molar-refractivity contribution in [2.24, 2.45) is 5.92 Å². The van der Waals surface area contributed by atoms with Crippen LogP contribution in [0.4, 0.5) is 8.78 Å². The van der Waals surface area contributed by atoms with Crippen LogP contribution in [0.5, 0.6) is 5.75 Å². The summed E-state index contributed by atoms with van der Waals surface area (Å²) in [6.07, 6.45) is 10.2. The molecule has 2 aromatic carbocycles. The van der Waals surface area contributed by atoms with E-state index in [2.05, 4.69) is 54.8 Å². The summed E-state index contributed by atoms with van der Waals surface area (Å²) in [4.78, 5) is 128. The van der Waals surface area contributed by atoms with E-state index in [9.17, 15) is 62.1 Å². The number of hydrogen-bond acceptors (Lipinski definition) is 19. The molecule has 3 aromatic rings. The molecule has 0 bridgehead atoms. The highest BCUT2D eigenvalue weighted by molar-refractivity contribution is 14.1. The molecule has 0 spiro atoms. The molecule has 1 aromatic heterocycles. The number of hydrogen-bond donors (Lipinski definition) is 6. The van der Waals surface area contributed by atoms with Gasteiger partial charge in [0.15, 0.2) is 0 Å². The topological polar surface area (TPSA) is 302 Å². The molecule has 6 N–H and O–H groups in total. The number of aromatic nitrogens is 1. The van der Waals surface area contributed by atoms with E-state index in [1.54, 1.807) is 28.0 Å². The van der Waals surface area contributed by atoms with Crippen LogP contribution in [0.2, 0.25) is 0 Å². The lowest BCUT2D eigenvalue weighted by molar-refractivity contribution is -0.140. The van der Waals surface area contributed by atoms with E-state index < -0.39 is 73.2 Å². The number of piperidine rings is 1. The molecular formula is C62H84F2IN11O14S. The van der Waals surface area contributed by atoms with Crippen LogP contribution in [0.25, 0.3) is 10.9 Å². The average Bonchev–Trinajstić information content (AvgIpc) is 2.29. The Balaban J connectivity index is 0.934. The SMILES string of the molecule is C#C[C@H]1CC(F)(F)CN1C(=O)CNC(=O)c1ccnc2ccc(OCCCC3CCN(C(=O)[C@H](O)CSCCNC(=O)C(CCCNC(=O)CCCc4ccc(I)cc4)NC(=O)CN4CCN(COC=O)CCN(COC=O)CCN(CC(=O)O)CC4)CC3)cc12. The van der Waals surface area contributed by atoms with Gasteiger partial charge in [0.1, 0.15) is 31.4 Å². The maximum atomic E-state index is 14.0. The lowest BCUT2D eigenvalue weighted by Gasteiger charge is -2.33. The fraction of sp³-hybridized carbons (Fsp3) is 0.581. The predicted octanol–water partition coefficient (Wildman–Crippen LogP) is 2.02. The fourth-order valence-corrected chi connectivity index (χ4v) is 12.0. The van der Waals surface area contributed by atoms with Gasteiger partial charge >= 0.3 is 5.97 Å². The van der Waals surface area contributed by atoms with Crippen molar-refractivity contribution in [3.05, 3.63) is 69.4 Å². The van der Waals surface area contributed by atoms with Gasteiger partial charge in [-0.25, -0.2) is 8.78 Å². The van der Waals surface area contributed by atoms with Crippen LogP contribution < -0.4 is 26.0 Å². The van der Waals surface area contributed by atoms with Gasteiger partial charge in [-0.15, -0.1) is 6.42 Å². The Morgan fingerprint density at radius 1 is 0.813 bits per heavy atom. The zero-order valence-electron chi connectivity index (χ0n) is 51.1. The van der Waals surface area contributed by atoms with Gasteiger partial charge in [0, 0.05) is 118 Å². The van der Waals surface area contributed by atoms with E-state index in [0.29, 0.717) is 126 Å². The Kier molecular flexibility index (Phi) is 31.3. The number of alkyl halides is 2. The molecule has 1 unspecified atom stereocenters. The highest BCUT2D eigenvalue weighted by Gasteiger charge is 2.46. The highest BCUT2D eigenvalue weighted by Crippen LogP contribution is 2.32. The number of amides is 6. The first-order chi connectivity index (χ1) is 43.8. The first-order valence-electron chi connectivity index (χ1n) is 30.6. The second-order valence-electron chi connectivity index (χ2n) is 22.7. The summed E-state index contributed by atoms with van der Waals surface area (Å²) in [5, 5.41) is 32.3. The third kappa shape index (κ3) is 26.0. The van der Waals surface area contributed by atoms with Crippen molar-refractivity contribution in [2.75, 3.05) is 136 Å². The Hall–Kier alpha value is -6.82. The van der Waals surface area contributed by atoms with Gasteiger partial charge < -0.3 is 55.5 Å². The fourth-order valence-electron chi connectivity index (χ4n) is 10.9. The Bertz CT molecular complexity index is 2930. The molecule has 0 radical (unpaired) electrons. The molecule has 3 fully saturated rings. The number of pyridine rings is 1. The molecule has 3 saturated heterocycles. The number of aliphatic hydroxyl groups excluding tert-OH is 1. The number of aliphatic carboxylic acids is 1. The minimum absolute atomic E-state index is 0.0169. The van der Waals surface area contributed by atoms with Gasteiger partial charge in [-0.3, -0.25) is 67.7 Å². The van der Waals surface area contributed by atoms with Gasteiger partial charge in [-0.1, -0.05) is 18.1 Å².